The van der Waals surface area contributed by atoms with E-state index in [-0.39, 0.29) is 5.92 Å². The van der Waals surface area contributed by atoms with Crippen molar-refractivity contribution in [2.24, 2.45) is 11.8 Å². The van der Waals surface area contributed by atoms with Crippen molar-refractivity contribution >= 4 is 5.91 Å². The number of likely N-dealkylation sites (tertiary alicyclic amines) is 2. The van der Waals surface area contributed by atoms with Gasteiger partial charge in [-0.2, -0.15) is 0 Å². The average Bonchev–Trinajstić information content (AvgIpc) is 2.95. The number of hydrogen-bond donors (Lipinski definition) is 0. The number of aryl methyl sites for hydroxylation is 1. The van der Waals surface area contributed by atoms with Crippen LogP contribution in [0.25, 0.3) is 0 Å². The molecule has 0 bridgehead atoms. The van der Waals surface area contributed by atoms with Gasteiger partial charge in [0, 0.05) is 38.4 Å². The molecule has 2 saturated heterocycles. The molecule has 1 aromatic rings. The summed E-state index contributed by atoms with van der Waals surface area (Å²) in [6, 6.07) is 0. The third-order valence-electron chi connectivity index (χ3n) is 5.66. The average molecular weight is 318 g/mol. The minimum Gasteiger partial charge on any atom is -0.346 e. The first kappa shape index (κ1) is 16.5. The number of carbonyl (C=O) groups excluding carboxylic acids is 1. The van der Waals surface area contributed by atoms with Gasteiger partial charge in [0.05, 0.1) is 6.54 Å². The third-order valence-corrected chi connectivity index (χ3v) is 5.66. The van der Waals surface area contributed by atoms with Crippen molar-refractivity contribution in [3.05, 3.63) is 18.2 Å². The van der Waals surface area contributed by atoms with Gasteiger partial charge < -0.3 is 9.47 Å². The highest BCUT2D eigenvalue weighted by molar-refractivity contribution is 5.79. The molecule has 128 valence electrons. The van der Waals surface area contributed by atoms with E-state index >= 15 is 0 Å². The summed E-state index contributed by atoms with van der Waals surface area (Å²) < 4.78 is 2.22. The second kappa shape index (κ2) is 7.47. The highest BCUT2D eigenvalue weighted by atomic mass is 16.2. The van der Waals surface area contributed by atoms with Gasteiger partial charge in [-0.25, -0.2) is 4.98 Å². The SMILES string of the molecule is CCn1ccnc1CN1CCC([C@H]2CCCCN(C)C2=O)CC1. The predicted molar refractivity (Wildman–Crippen MR) is 90.9 cm³/mol. The van der Waals surface area contributed by atoms with Gasteiger partial charge in [-0.15, -0.1) is 0 Å². The van der Waals surface area contributed by atoms with Crippen LogP contribution in [0.2, 0.25) is 0 Å². The Kier molecular flexibility index (Phi) is 5.36. The maximum Gasteiger partial charge on any atom is 0.225 e. The zero-order valence-corrected chi connectivity index (χ0v) is 14.6. The summed E-state index contributed by atoms with van der Waals surface area (Å²) in [5.41, 5.74) is 0. The fourth-order valence-electron chi connectivity index (χ4n) is 4.16. The Hall–Kier alpha value is -1.36. The fraction of sp³-hybridized carbons (Fsp3) is 0.778. The first-order valence-electron chi connectivity index (χ1n) is 9.16. The van der Waals surface area contributed by atoms with Gasteiger partial charge in [-0.05, 0) is 51.6 Å². The number of nitrogens with zero attached hydrogens (tertiary/aromatic N) is 4. The van der Waals surface area contributed by atoms with E-state index < -0.39 is 0 Å². The smallest absolute Gasteiger partial charge is 0.225 e. The summed E-state index contributed by atoms with van der Waals surface area (Å²) >= 11 is 0. The molecule has 0 unspecified atom stereocenters. The molecule has 3 rings (SSSR count). The lowest BCUT2D eigenvalue weighted by molar-refractivity contribution is -0.136. The molecule has 1 amide bonds. The van der Waals surface area contributed by atoms with Gasteiger partial charge in [-0.1, -0.05) is 6.42 Å². The first-order chi connectivity index (χ1) is 11.2. The number of piperidine rings is 1. The molecule has 1 aromatic heterocycles. The van der Waals surface area contributed by atoms with Gasteiger partial charge in [-0.3, -0.25) is 9.69 Å². The minimum absolute atomic E-state index is 0.266. The van der Waals surface area contributed by atoms with E-state index in [1.54, 1.807) is 0 Å². The number of amides is 1. The molecule has 0 N–H and O–H groups in total. The van der Waals surface area contributed by atoms with Gasteiger partial charge in [0.1, 0.15) is 5.82 Å². The van der Waals surface area contributed by atoms with E-state index in [1.165, 1.54) is 6.42 Å². The second-order valence-electron chi connectivity index (χ2n) is 7.11. The molecule has 2 aliphatic rings. The van der Waals surface area contributed by atoms with Crippen LogP contribution in [-0.2, 0) is 17.9 Å². The Morgan fingerprint density at radius 1 is 1.17 bits per heavy atom. The monoisotopic (exact) mass is 318 g/mol. The molecular weight excluding hydrogens is 288 g/mol. The predicted octanol–water partition coefficient (Wildman–Crippen LogP) is 2.37. The van der Waals surface area contributed by atoms with E-state index in [9.17, 15) is 4.79 Å². The van der Waals surface area contributed by atoms with Crippen LogP contribution in [0, 0.1) is 11.8 Å². The van der Waals surface area contributed by atoms with Crippen LogP contribution in [0.5, 0.6) is 0 Å². The van der Waals surface area contributed by atoms with Gasteiger partial charge in [0.15, 0.2) is 0 Å². The first-order valence-corrected chi connectivity index (χ1v) is 9.16. The van der Waals surface area contributed by atoms with Crippen LogP contribution in [0.4, 0.5) is 0 Å². The molecule has 5 heteroatoms. The lowest BCUT2D eigenvalue weighted by Gasteiger charge is -2.35. The van der Waals surface area contributed by atoms with Crippen molar-refractivity contribution < 1.29 is 4.79 Å². The van der Waals surface area contributed by atoms with E-state index in [1.807, 2.05) is 18.1 Å². The normalized spacial score (nSPS) is 24.9. The largest absolute Gasteiger partial charge is 0.346 e. The molecule has 2 aliphatic heterocycles. The van der Waals surface area contributed by atoms with Crippen molar-refractivity contribution in [1.82, 2.24) is 19.4 Å². The Morgan fingerprint density at radius 3 is 2.70 bits per heavy atom. The summed E-state index contributed by atoms with van der Waals surface area (Å²) in [5.74, 6) is 2.39. The zero-order chi connectivity index (χ0) is 16.2. The number of imidazole rings is 1. The lowest BCUT2D eigenvalue weighted by Crippen LogP contribution is -2.41. The summed E-state index contributed by atoms with van der Waals surface area (Å²) in [6.45, 7) is 7.20. The van der Waals surface area contributed by atoms with Gasteiger partial charge in [0.2, 0.25) is 5.91 Å². The summed E-state index contributed by atoms with van der Waals surface area (Å²) in [5, 5.41) is 0. The van der Waals surface area contributed by atoms with Crippen molar-refractivity contribution in [2.45, 2.75) is 52.1 Å². The Morgan fingerprint density at radius 2 is 1.96 bits per heavy atom. The van der Waals surface area contributed by atoms with Crippen molar-refractivity contribution in [2.75, 3.05) is 26.7 Å². The van der Waals surface area contributed by atoms with E-state index in [0.29, 0.717) is 11.8 Å². The minimum atomic E-state index is 0.266. The van der Waals surface area contributed by atoms with Crippen LogP contribution in [-0.4, -0.2) is 51.9 Å². The highest BCUT2D eigenvalue weighted by Crippen LogP contribution is 2.32. The van der Waals surface area contributed by atoms with E-state index in [4.69, 9.17) is 0 Å². The molecule has 2 fully saturated rings. The van der Waals surface area contributed by atoms with Gasteiger partial charge in [0.25, 0.3) is 0 Å². The Balaban J connectivity index is 1.54. The molecule has 5 nitrogen and oxygen atoms in total. The molecule has 1 atom stereocenters. The molecule has 0 saturated carbocycles. The number of hydrogen-bond acceptors (Lipinski definition) is 3. The van der Waals surface area contributed by atoms with Crippen LogP contribution in [0.3, 0.4) is 0 Å². The van der Waals surface area contributed by atoms with Crippen LogP contribution < -0.4 is 0 Å². The second-order valence-corrected chi connectivity index (χ2v) is 7.11. The number of carbonyl (C=O) groups is 1. The Bertz CT molecular complexity index is 519. The summed E-state index contributed by atoms with van der Waals surface area (Å²) in [4.78, 5) is 21.5. The van der Waals surface area contributed by atoms with Crippen LogP contribution in [0.1, 0.15) is 44.9 Å². The topological polar surface area (TPSA) is 41.4 Å². The quantitative estimate of drug-likeness (QED) is 0.856. The Labute approximate surface area is 139 Å². The maximum atomic E-state index is 12.6. The summed E-state index contributed by atoms with van der Waals surface area (Å²) in [7, 11) is 1.97. The summed E-state index contributed by atoms with van der Waals surface area (Å²) in [6.07, 6.45) is 9.71. The number of aromatic nitrogens is 2. The third kappa shape index (κ3) is 3.77. The maximum absolute atomic E-state index is 12.6. The highest BCUT2D eigenvalue weighted by Gasteiger charge is 2.34. The molecule has 0 radical (unpaired) electrons. The molecule has 3 heterocycles. The fourth-order valence-corrected chi connectivity index (χ4v) is 4.16. The molecule has 0 aromatic carbocycles. The molecule has 0 aliphatic carbocycles. The van der Waals surface area contributed by atoms with Crippen LogP contribution >= 0.6 is 0 Å². The molecule has 23 heavy (non-hydrogen) atoms. The van der Waals surface area contributed by atoms with Crippen molar-refractivity contribution in [1.29, 1.82) is 0 Å². The van der Waals surface area contributed by atoms with Crippen molar-refractivity contribution in [3.8, 4) is 0 Å². The van der Waals surface area contributed by atoms with Crippen LogP contribution in [0.15, 0.2) is 12.4 Å². The van der Waals surface area contributed by atoms with Gasteiger partial charge >= 0.3 is 0 Å². The van der Waals surface area contributed by atoms with E-state index in [2.05, 4.69) is 27.6 Å². The van der Waals surface area contributed by atoms with E-state index in [0.717, 1.165) is 64.2 Å². The standard InChI is InChI=1S/C18H30N4O/c1-3-22-13-9-19-17(22)14-21-11-7-15(8-12-21)16-6-4-5-10-20(2)18(16)23/h9,13,15-16H,3-8,10-12,14H2,1-2H3/t16-/m1/s1. The number of rotatable bonds is 4. The molecule has 0 spiro atoms. The zero-order valence-electron chi connectivity index (χ0n) is 14.6. The lowest BCUT2D eigenvalue weighted by atomic mass is 9.81. The van der Waals surface area contributed by atoms with Crippen molar-refractivity contribution in [3.63, 3.8) is 0 Å². The molecular formula is C18H30N4O.